The molecular weight excluding hydrogens is 364 g/mol. The summed E-state index contributed by atoms with van der Waals surface area (Å²) >= 11 is 0. The van der Waals surface area contributed by atoms with Gasteiger partial charge in [0.25, 0.3) is 0 Å². The van der Waals surface area contributed by atoms with E-state index >= 15 is 0 Å². The number of carbonyl (C=O) groups is 4. The van der Waals surface area contributed by atoms with Gasteiger partial charge in [0.05, 0.1) is 21.7 Å². The molecule has 1 saturated carbocycles. The largest absolute Gasteiger partial charge is 0.392 e. The highest BCUT2D eigenvalue weighted by atomic mass is 16.6. The number of nitrogens with two attached hydrogens (primary N) is 2. The summed E-state index contributed by atoms with van der Waals surface area (Å²) in [6.45, 7) is 5.95. The van der Waals surface area contributed by atoms with Crippen LogP contribution in [-0.2, 0) is 28.7 Å². The van der Waals surface area contributed by atoms with E-state index in [1.165, 1.54) is 41.8 Å². The maximum absolute atomic E-state index is 12.0. The minimum Gasteiger partial charge on any atom is -0.392 e. The predicted molar refractivity (Wildman–Crippen MR) is 101 cm³/mol. The van der Waals surface area contributed by atoms with Crippen molar-refractivity contribution in [1.29, 1.82) is 0 Å². The third kappa shape index (κ3) is 2.31. The van der Waals surface area contributed by atoms with Gasteiger partial charge in [0.15, 0.2) is 0 Å². The molecule has 0 bridgehead atoms. The lowest BCUT2D eigenvalue weighted by molar-refractivity contribution is -0.243. The highest BCUT2D eigenvalue weighted by molar-refractivity contribution is 6.18. The van der Waals surface area contributed by atoms with Gasteiger partial charge in [0.2, 0.25) is 0 Å². The first-order chi connectivity index (χ1) is 13.1. The Morgan fingerprint density at radius 3 is 0.786 bits per heavy atom. The number of rotatable bonds is 0. The molecule has 1 aromatic rings. The minimum atomic E-state index is -1.35. The summed E-state index contributed by atoms with van der Waals surface area (Å²) in [4.78, 5) is 47.8. The molecule has 8 heteroatoms. The molecule has 8 nitrogen and oxygen atoms in total. The Bertz CT molecular complexity index is 641. The van der Waals surface area contributed by atoms with E-state index in [9.17, 15) is 19.2 Å². The van der Waals surface area contributed by atoms with Gasteiger partial charge in [-0.2, -0.15) is 0 Å². The summed E-state index contributed by atoms with van der Waals surface area (Å²) in [5.41, 5.74) is 3.59. The van der Waals surface area contributed by atoms with Crippen molar-refractivity contribution in [3.63, 3.8) is 0 Å². The number of ether oxygens (including phenoxy) is 2. The van der Waals surface area contributed by atoms with Gasteiger partial charge in [-0.25, -0.2) is 0 Å². The second kappa shape index (κ2) is 7.81. The van der Waals surface area contributed by atoms with E-state index in [1.807, 2.05) is 36.4 Å². The average molecular weight is 392 g/mol. The van der Waals surface area contributed by atoms with Gasteiger partial charge < -0.3 is 20.9 Å². The lowest BCUT2D eigenvalue weighted by Crippen LogP contribution is -2.77. The van der Waals surface area contributed by atoms with Crippen LogP contribution >= 0.6 is 0 Å². The molecule has 3 aliphatic rings. The van der Waals surface area contributed by atoms with Crippen molar-refractivity contribution < 1.29 is 28.7 Å². The first-order valence-electron chi connectivity index (χ1n) is 8.79. The molecule has 4 N–H and O–H groups in total. The molecule has 0 spiro atoms. The monoisotopic (exact) mass is 392 g/mol. The molecule has 0 amide bonds. The van der Waals surface area contributed by atoms with Gasteiger partial charge in [-0.3, -0.25) is 19.2 Å². The number of hydrogen-bond donors (Lipinski definition) is 2. The number of hydrogen-bond acceptors (Lipinski definition) is 8. The zero-order valence-electron chi connectivity index (χ0n) is 17.1. The number of benzene rings is 1. The summed E-state index contributed by atoms with van der Waals surface area (Å²) in [6, 6.07) is 12.0. The van der Waals surface area contributed by atoms with Crippen molar-refractivity contribution >= 4 is 23.9 Å². The third-order valence-electron chi connectivity index (χ3n) is 6.67. The lowest BCUT2D eigenvalue weighted by atomic mass is 9.27. The summed E-state index contributed by atoms with van der Waals surface area (Å²) < 4.78 is 9.36. The van der Waals surface area contributed by atoms with E-state index in [1.54, 1.807) is 0 Å². The van der Waals surface area contributed by atoms with Crippen LogP contribution in [0.2, 0.25) is 0 Å². The Labute approximate surface area is 164 Å². The SMILES string of the molecule is CC12C(=O)OC(=O)C1(C)C1(C)C(=O)OC(=O)C21C.CN.CN.c1ccccc1. The number of fused-ring (bicyclic) bond motifs is 4. The summed E-state index contributed by atoms with van der Waals surface area (Å²) in [5, 5.41) is 0. The van der Waals surface area contributed by atoms with Crippen LogP contribution in [0.3, 0.4) is 0 Å². The standard InChI is InChI=1S/C12H12O6.C6H6.2CH5N/c1-9-5(13)17-6(14)10(9,2)12(4)8(16)18-7(15)11(9,12)3;1-2-4-6-5-3-1;2*1-2/h1-4H3;1-6H;2*2H2,1H3. The van der Waals surface area contributed by atoms with Crippen LogP contribution in [-0.4, -0.2) is 38.0 Å². The molecule has 0 aromatic heterocycles. The summed E-state index contributed by atoms with van der Waals surface area (Å²) in [7, 11) is 3.00. The van der Waals surface area contributed by atoms with Gasteiger partial charge >= 0.3 is 23.9 Å². The highest BCUT2D eigenvalue weighted by Gasteiger charge is 2.97. The van der Waals surface area contributed by atoms with Crippen molar-refractivity contribution in [2.75, 3.05) is 14.1 Å². The summed E-state index contributed by atoms with van der Waals surface area (Å²) in [5.74, 6) is -3.05. The zero-order chi connectivity index (χ0) is 22.0. The maximum Gasteiger partial charge on any atom is 0.321 e. The van der Waals surface area contributed by atoms with Crippen LogP contribution in [0.1, 0.15) is 27.7 Å². The fourth-order valence-corrected chi connectivity index (χ4v) is 4.53. The van der Waals surface area contributed by atoms with Gasteiger partial charge in [-0.15, -0.1) is 0 Å². The van der Waals surface area contributed by atoms with Crippen molar-refractivity contribution in [1.82, 2.24) is 0 Å². The fraction of sp³-hybridized carbons (Fsp3) is 0.500. The molecule has 2 aliphatic heterocycles. The van der Waals surface area contributed by atoms with Crippen LogP contribution in [0.4, 0.5) is 0 Å². The fourth-order valence-electron chi connectivity index (χ4n) is 4.53. The van der Waals surface area contributed by atoms with Crippen LogP contribution in [0.15, 0.2) is 36.4 Å². The predicted octanol–water partition coefficient (Wildman–Crippen LogP) is 1.03. The van der Waals surface area contributed by atoms with Crippen LogP contribution < -0.4 is 11.5 Å². The van der Waals surface area contributed by atoms with E-state index in [0.717, 1.165) is 0 Å². The first-order valence-corrected chi connectivity index (χ1v) is 8.79. The van der Waals surface area contributed by atoms with Gasteiger partial charge in [-0.05, 0) is 41.8 Å². The molecule has 1 aliphatic carbocycles. The number of carbonyl (C=O) groups excluding carboxylic acids is 4. The van der Waals surface area contributed by atoms with Gasteiger partial charge in [0.1, 0.15) is 0 Å². The first kappa shape index (κ1) is 23.5. The van der Waals surface area contributed by atoms with Crippen molar-refractivity contribution in [3.8, 4) is 0 Å². The van der Waals surface area contributed by atoms with Crippen molar-refractivity contribution in [3.05, 3.63) is 36.4 Å². The maximum atomic E-state index is 12.0. The summed E-state index contributed by atoms with van der Waals surface area (Å²) in [6.07, 6.45) is 0. The molecule has 2 heterocycles. The van der Waals surface area contributed by atoms with Gasteiger partial charge in [-0.1, -0.05) is 36.4 Å². The van der Waals surface area contributed by atoms with E-state index < -0.39 is 45.5 Å². The van der Waals surface area contributed by atoms with Crippen LogP contribution in [0.25, 0.3) is 0 Å². The Balaban J connectivity index is 0.000000329. The Morgan fingerprint density at radius 1 is 0.500 bits per heavy atom. The molecule has 28 heavy (non-hydrogen) atoms. The van der Waals surface area contributed by atoms with Crippen molar-refractivity contribution in [2.24, 2.45) is 33.1 Å². The second-order valence-corrected chi connectivity index (χ2v) is 7.01. The Kier molecular flexibility index (Phi) is 6.54. The van der Waals surface area contributed by atoms with E-state index in [0.29, 0.717) is 0 Å². The number of cyclic esters (lactones) is 4. The molecule has 154 valence electrons. The molecule has 0 atom stereocenters. The van der Waals surface area contributed by atoms with E-state index in [-0.39, 0.29) is 0 Å². The molecule has 2 saturated heterocycles. The Morgan fingerprint density at radius 2 is 0.643 bits per heavy atom. The molecule has 0 radical (unpaired) electrons. The highest BCUT2D eigenvalue weighted by Crippen LogP contribution is 2.83. The third-order valence-corrected chi connectivity index (χ3v) is 6.67. The quantitative estimate of drug-likeness (QED) is 0.493. The Hall–Kier alpha value is -2.58. The lowest BCUT2D eigenvalue weighted by Gasteiger charge is -2.65. The number of esters is 4. The van der Waals surface area contributed by atoms with E-state index in [4.69, 9.17) is 0 Å². The minimum absolute atomic E-state index is 0.762. The normalized spacial score (nSPS) is 36.6. The average Bonchev–Trinajstić information content (AvgIpc) is 3.01. The zero-order valence-corrected chi connectivity index (χ0v) is 17.1. The molecule has 3 fully saturated rings. The molecular formula is C20H28N2O6. The van der Waals surface area contributed by atoms with Gasteiger partial charge in [0, 0.05) is 0 Å². The van der Waals surface area contributed by atoms with Crippen LogP contribution in [0.5, 0.6) is 0 Å². The second-order valence-electron chi connectivity index (χ2n) is 7.01. The van der Waals surface area contributed by atoms with Crippen LogP contribution in [0, 0.1) is 21.7 Å². The molecule has 4 rings (SSSR count). The van der Waals surface area contributed by atoms with Crippen molar-refractivity contribution in [2.45, 2.75) is 27.7 Å². The molecule has 0 unspecified atom stereocenters. The molecule has 1 aromatic carbocycles. The topological polar surface area (TPSA) is 139 Å². The smallest absolute Gasteiger partial charge is 0.321 e. The van der Waals surface area contributed by atoms with E-state index in [2.05, 4.69) is 20.9 Å².